The van der Waals surface area contributed by atoms with Gasteiger partial charge in [0.2, 0.25) is 5.91 Å². The van der Waals surface area contributed by atoms with E-state index in [-0.39, 0.29) is 17.0 Å². The fraction of sp³-hybridized carbons (Fsp3) is 0.677. The fourth-order valence-electron chi connectivity index (χ4n) is 6.27. The molecule has 1 aromatic heterocycles. The van der Waals surface area contributed by atoms with Crippen LogP contribution in [0, 0.1) is 22.2 Å². The van der Waals surface area contributed by atoms with Crippen LogP contribution in [0.25, 0.3) is 10.9 Å². The molecule has 0 spiro atoms. The minimum atomic E-state index is -0.808. The third-order valence-electron chi connectivity index (χ3n) is 9.04. The summed E-state index contributed by atoms with van der Waals surface area (Å²) in [7, 11) is 4.04. The second-order valence-corrected chi connectivity index (χ2v) is 13.3. The Morgan fingerprint density at radius 2 is 1.77 bits per heavy atom. The second-order valence-electron chi connectivity index (χ2n) is 13.3. The standard InChI is InChI=1S/C31H46N6O2/c1-29(2)15-17-30(3,18-16-29)21-24(27(38)35-31(22-32)13-8-9-14-31)33-26-23-11-6-7-12-25(23)37(28(39)34-26)20-10-19-36(4)5/h6-7,11-12,24H,8-10,13-21H2,1-5H3,(H,35,38)(H,33,34,39)/t24-/m0/s1. The largest absolute Gasteiger partial charge is 0.358 e. The Hall–Kier alpha value is -2.92. The molecule has 0 aliphatic heterocycles. The van der Waals surface area contributed by atoms with Gasteiger partial charge in [0, 0.05) is 11.9 Å². The van der Waals surface area contributed by atoms with Gasteiger partial charge in [0.15, 0.2) is 0 Å². The Labute approximate surface area is 233 Å². The van der Waals surface area contributed by atoms with E-state index < -0.39 is 11.6 Å². The summed E-state index contributed by atoms with van der Waals surface area (Å²) in [6, 6.07) is 9.57. The molecule has 8 nitrogen and oxygen atoms in total. The molecular formula is C31H46N6O2. The van der Waals surface area contributed by atoms with Gasteiger partial charge in [-0.2, -0.15) is 10.2 Å². The number of hydrogen-bond acceptors (Lipinski definition) is 6. The maximum Gasteiger partial charge on any atom is 0.350 e. The Morgan fingerprint density at radius 1 is 1.10 bits per heavy atom. The molecule has 1 aromatic carbocycles. The van der Waals surface area contributed by atoms with Gasteiger partial charge in [-0.15, -0.1) is 0 Å². The summed E-state index contributed by atoms with van der Waals surface area (Å²) in [5, 5.41) is 17.3. The first-order valence-electron chi connectivity index (χ1n) is 14.6. The van der Waals surface area contributed by atoms with E-state index in [4.69, 9.17) is 0 Å². The van der Waals surface area contributed by atoms with Crippen LogP contribution in [0.4, 0.5) is 5.82 Å². The third kappa shape index (κ3) is 7.00. The van der Waals surface area contributed by atoms with Gasteiger partial charge < -0.3 is 15.5 Å². The SMILES string of the molecule is CN(C)CCCn1c(=O)nc(N[C@@H](CC2(C)CCC(C)(C)CC2)C(=O)NC2(C#N)CCCC2)c2ccccc21. The van der Waals surface area contributed by atoms with Crippen LogP contribution in [-0.4, -0.2) is 52.6 Å². The van der Waals surface area contributed by atoms with Gasteiger partial charge in [-0.05, 0) is 108 Å². The maximum absolute atomic E-state index is 13.9. The van der Waals surface area contributed by atoms with E-state index >= 15 is 0 Å². The number of amides is 1. The third-order valence-corrected chi connectivity index (χ3v) is 9.04. The lowest BCUT2D eigenvalue weighted by atomic mass is 9.64. The Kier molecular flexibility index (Phi) is 8.70. The van der Waals surface area contributed by atoms with Crippen LogP contribution in [-0.2, 0) is 11.3 Å². The summed E-state index contributed by atoms with van der Waals surface area (Å²) in [6.07, 6.45) is 9.00. The monoisotopic (exact) mass is 534 g/mol. The van der Waals surface area contributed by atoms with Gasteiger partial charge in [0.1, 0.15) is 17.4 Å². The van der Waals surface area contributed by atoms with Crippen LogP contribution in [0.2, 0.25) is 0 Å². The van der Waals surface area contributed by atoms with Crippen molar-refractivity contribution in [3.8, 4) is 6.07 Å². The van der Waals surface area contributed by atoms with Gasteiger partial charge >= 0.3 is 5.69 Å². The molecule has 212 valence electrons. The Balaban J connectivity index is 1.65. The van der Waals surface area contributed by atoms with Crippen LogP contribution in [0.15, 0.2) is 29.1 Å². The van der Waals surface area contributed by atoms with E-state index in [0.717, 1.165) is 62.4 Å². The number of nitriles is 1. The van der Waals surface area contributed by atoms with E-state index in [1.165, 1.54) is 0 Å². The second kappa shape index (κ2) is 11.7. The van der Waals surface area contributed by atoms with Crippen molar-refractivity contribution in [3.63, 3.8) is 0 Å². The highest BCUT2D eigenvalue weighted by atomic mass is 16.2. The zero-order valence-electron chi connectivity index (χ0n) is 24.5. The molecule has 1 heterocycles. The normalized spacial score (nSPS) is 20.4. The number of benzene rings is 1. The first-order valence-corrected chi connectivity index (χ1v) is 14.6. The number of carbonyl (C=O) groups excluding carboxylic acids is 1. The van der Waals surface area contributed by atoms with E-state index in [9.17, 15) is 14.9 Å². The molecular weight excluding hydrogens is 488 g/mol. The number of para-hydroxylation sites is 1. The number of aromatic nitrogens is 2. The first-order chi connectivity index (χ1) is 18.4. The van der Waals surface area contributed by atoms with Crippen LogP contribution in [0.1, 0.15) is 85.0 Å². The Morgan fingerprint density at radius 3 is 2.41 bits per heavy atom. The summed E-state index contributed by atoms with van der Waals surface area (Å²) < 4.78 is 1.73. The van der Waals surface area contributed by atoms with Gasteiger partial charge in [-0.3, -0.25) is 9.36 Å². The van der Waals surface area contributed by atoms with Gasteiger partial charge in [0.25, 0.3) is 0 Å². The van der Waals surface area contributed by atoms with Crippen LogP contribution >= 0.6 is 0 Å². The van der Waals surface area contributed by atoms with Crippen LogP contribution < -0.4 is 16.3 Å². The van der Waals surface area contributed by atoms with Gasteiger partial charge in [0.05, 0.1) is 11.6 Å². The molecule has 0 bridgehead atoms. The molecule has 2 aliphatic carbocycles. The molecule has 0 radical (unpaired) electrons. The summed E-state index contributed by atoms with van der Waals surface area (Å²) in [5.41, 5.74) is -0.0138. The number of anilines is 1. The molecule has 4 rings (SSSR count). The lowest BCUT2D eigenvalue weighted by Gasteiger charge is -2.43. The lowest BCUT2D eigenvalue weighted by Crippen LogP contribution is -2.52. The van der Waals surface area contributed by atoms with E-state index in [0.29, 0.717) is 37.0 Å². The molecule has 1 amide bonds. The molecule has 2 saturated carbocycles. The molecule has 8 heteroatoms. The van der Waals surface area contributed by atoms with Crippen LogP contribution in [0.3, 0.4) is 0 Å². The Bertz CT molecular complexity index is 1260. The average molecular weight is 535 g/mol. The number of aryl methyl sites for hydroxylation is 1. The van der Waals surface area contributed by atoms with Crippen molar-refractivity contribution in [1.29, 1.82) is 5.26 Å². The average Bonchev–Trinajstić information content (AvgIpc) is 3.36. The zero-order valence-corrected chi connectivity index (χ0v) is 24.5. The summed E-state index contributed by atoms with van der Waals surface area (Å²) in [4.78, 5) is 33.7. The summed E-state index contributed by atoms with van der Waals surface area (Å²) in [6.45, 7) is 8.35. The fourth-order valence-corrected chi connectivity index (χ4v) is 6.27. The van der Waals surface area contributed by atoms with Crippen LogP contribution in [0.5, 0.6) is 0 Å². The lowest BCUT2D eigenvalue weighted by molar-refractivity contribution is -0.124. The number of carbonyl (C=O) groups is 1. The number of hydrogen-bond donors (Lipinski definition) is 2. The van der Waals surface area contributed by atoms with Crippen molar-refractivity contribution >= 4 is 22.6 Å². The topological polar surface area (TPSA) is 103 Å². The number of rotatable bonds is 10. The van der Waals surface area contributed by atoms with Gasteiger partial charge in [-0.1, -0.05) is 32.9 Å². The predicted octanol–water partition coefficient (Wildman–Crippen LogP) is 5.08. The minimum Gasteiger partial charge on any atom is -0.358 e. The molecule has 39 heavy (non-hydrogen) atoms. The number of nitrogens with zero attached hydrogens (tertiary/aromatic N) is 4. The smallest absolute Gasteiger partial charge is 0.350 e. The quantitative estimate of drug-likeness (QED) is 0.441. The number of nitrogens with one attached hydrogen (secondary N) is 2. The summed E-state index contributed by atoms with van der Waals surface area (Å²) >= 11 is 0. The predicted molar refractivity (Wildman–Crippen MR) is 157 cm³/mol. The van der Waals surface area contributed by atoms with E-state index in [2.05, 4.69) is 47.4 Å². The molecule has 2 N–H and O–H groups in total. The highest BCUT2D eigenvalue weighted by Gasteiger charge is 2.41. The first kappa shape index (κ1) is 29.1. The highest BCUT2D eigenvalue weighted by molar-refractivity contribution is 5.92. The molecule has 0 unspecified atom stereocenters. The highest BCUT2D eigenvalue weighted by Crippen LogP contribution is 2.47. The van der Waals surface area contributed by atoms with E-state index in [1.807, 2.05) is 38.4 Å². The molecule has 1 atom stereocenters. The van der Waals surface area contributed by atoms with Gasteiger partial charge in [-0.25, -0.2) is 4.79 Å². The molecule has 0 saturated heterocycles. The maximum atomic E-state index is 13.9. The summed E-state index contributed by atoms with van der Waals surface area (Å²) in [5.74, 6) is 0.266. The molecule has 2 aliphatic rings. The van der Waals surface area contributed by atoms with E-state index in [1.54, 1.807) is 4.57 Å². The van der Waals surface area contributed by atoms with Crippen molar-refractivity contribution in [3.05, 3.63) is 34.7 Å². The zero-order chi connectivity index (χ0) is 28.3. The number of fused-ring (bicyclic) bond motifs is 1. The van der Waals surface area contributed by atoms with Crippen molar-refractivity contribution in [2.45, 2.75) is 103 Å². The van der Waals surface area contributed by atoms with Crippen molar-refractivity contribution < 1.29 is 4.79 Å². The van der Waals surface area contributed by atoms with Crippen molar-refractivity contribution in [2.24, 2.45) is 10.8 Å². The molecule has 2 fully saturated rings. The molecule has 2 aromatic rings. The minimum absolute atomic E-state index is 0.0169. The van der Waals surface area contributed by atoms with Crippen molar-refractivity contribution in [1.82, 2.24) is 19.8 Å². The van der Waals surface area contributed by atoms with Crippen molar-refractivity contribution in [2.75, 3.05) is 26.0 Å².